The number of hydrogen-bond donors (Lipinski definition) is 1. The van der Waals surface area contributed by atoms with Crippen molar-refractivity contribution in [2.45, 2.75) is 19.4 Å². The molecule has 6 nitrogen and oxygen atoms in total. The molecule has 0 saturated heterocycles. The first-order valence-corrected chi connectivity index (χ1v) is 7.57. The number of pyridine rings is 1. The van der Waals surface area contributed by atoms with Crippen molar-refractivity contribution in [3.05, 3.63) is 47.8 Å². The smallest absolute Gasteiger partial charge is 0.224 e. The van der Waals surface area contributed by atoms with Crippen LogP contribution in [0.2, 0.25) is 0 Å². The molecule has 0 bridgehead atoms. The van der Waals surface area contributed by atoms with Gasteiger partial charge < -0.3 is 19.5 Å². The van der Waals surface area contributed by atoms with Gasteiger partial charge in [-0.15, -0.1) is 0 Å². The van der Waals surface area contributed by atoms with E-state index >= 15 is 0 Å². The monoisotopic (exact) mass is 330 g/mol. The largest absolute Gasteiger partial charge is 0.493 e. The fourth-order valence-corrected chi connectivity index (χ4v) is 2.41. The topological polar surface area (TPSA) is 69.7 Å². The molecule has 1 atom stereocenters. The molecule has 0 aliphatic heterocycles. The van der Waals surface area contributed by atoms with E-state index in [0.717, 1.165) is 11.1 Å². The normalized spacial score (nSPS) is 11.5. The molecule has 24 heavy (non-hydrogen) atoms. The van der Waals surface area contributed by atoms with Crippen molar-refractivity contribution in [2.75, 3.05) is 21.3 Å². The van der Waals surface area contributed by atoms with Crippen LogP contribution in [0, 0.1) is 0 Å². The van der Waals surface area contributed by atoms with Crippen LogP contribution in [0.25, 0.3) is 0 Å². The quantitative estimate of drug-likeness (QED) is 0.845. The van der Waals surface area contributed by atoms with E-state index in [2.05, 4.69) is 10.3 Å². The van der Waals surface area contributed by atoms with E-state index < -0.39 is 0 Å². The van der Waals surface area contributed by atoms with Crippen LogP contribution in [0.5, 0.6) is 17.2 Å². The molecule has 0 spiro atoms. The minimum atomic E-state index is -0.201. The minimum Gasteiger partial charge on any atom is -0.493 e. The van der Waals surface area contributed by atoms with Crippen LogP contribution in [-0.4, -0.2) is 32.2 Å². The molecular formula is C18H22N2O4. The molecule has 1 amide bonds. The molecule has 128 valence electrons. The van der Waals surface area contributed by atoms with Gasteiger partial charge in [0.25, 0.3) is 0 Å². The summed E-state index contributed by atoms with van der Waals surface area (Å²) in [4.78, 5) is 16.2. The molecular weight excluding hydrogens is 308 g/mol. The molecule has 0 aliphatic rings. The number of rotatable bonds is 7. The molecule has 0 saturated carbocycles. The standard InChI is InChI=1S/C18H22N2O4/c1-12(20-17(21)9-13-5-7-19-8-6-13)14-10-15(22-2)18(24-4)16(11-14)23-3/h5-8,10-12H,9H2,1-4H3,(H,20,21)/t12-/m1/s1. The van der Waals surface area contributed by atoms with Crippen molar-refractivity contribution in [3.8, 4) is 17.2 Å². The van der Waals surface area contributed by atoms with Gasteiger partial charge in [-0.3, -0.25) is 9.78 Å². The highest BCUT2D eigenvalue weighted by molar-refractivity contribution is 5.79. The molecule has 1 heterocycles. The van der Waals surface area contributed by atoms with Crippen molar-refractivity contribution >= 4 is 5.91 Å². The first-order valence-electron chi connectivity index (χ1n) is 7.57. The first kappa shape index (κ1) is 17.6. The summed E-state index contributed by atoms with van der Waals surface area (Å²) in [5.41, 5.74) is 1.78. The van der Waals surface area contributed by atoms with E-state index in [0.29, 0.717) is 23.7 Å². The van der Waals surface area contributed by atoms with Crippen LogP contribution >= 0.6 is 0 Å². The van der Waals surface area contributed by atoms with Crippen molar-refractivity contribution in [1.82, 2.24) is 10.3 Å². The number of methoxy groups -OCH3 is 3. The molecule has 2 rings (SSSR count). The number of benzene rings is 1. The third-order valence-corrected chi connectivity index (χ3v) is 3.68. The molecule has 0 radical (unpaired) electrons. The van der Waals surface area contributed by atoms with Gasteiger partial charge in [-0.2, -0.15) is 0 Å². The van der Waals surface area contributed by atoms with Crippen molar-refractivity contribution in [1.29, 1.82) is 0 Å². The van der Waals surface area contributed by atoms with Crippen molar-refractivity contribution in [3.63, 3.8) is 0 Å². The number of carbonyl (C=O) groups excluding carboxylic acids is 1. The summed E-state index contributed by atoms with van der Waals surface area (Å²) in [6.07, 6.45) is 3.65. The fourth-order valence-electron chi connectivity index (χ4n) is 2.41. The van der Waals surface area contributed by atoms with E-state index in [4.69, 9.17) is 14.2 Å². The van der Waals surface area contributed by atoms with Crippen LogP contribution < -0.4 is 19.5 Å². The Morgan fingerprint density at radius 3 is 2.17 bits per heavy atom. The second kappa shape index (κ2) is 8.19. The Morgan fingerprint density at radius 2 is 1.67 bits per heavy atom. The number of carbonyl (C=O) groups is 1. The maximum atomic E-state index is 12.2. The van der Waals surface area contributed by atoms with Gasteiger partial charge in [0.05, 0.1) is 33.8 Å². The third kappa shape index (κ3) is 4.16. The Bertz CT molecular complexity index is 664. The zero-order valence-corrected chi connectivity index (χ0v) is 14.3. The maximum Gasteiger partial charge on any atom is 0.224 e. The summed E-state index contributed by atoms with van der Waals surface area (Å²) in [5.74, 6) is 1.57. The van der Waals surface area contributed by atoms with Crippen LogP contribution in [0.15, 0.2) is 36.7 Å². The molecule has 0 aliphatic carbocycles. The van der Waals surface area contributed by atoms with E-state index in [1.54, 1.807) is 33.7 Å². The van der Waals surface area contributed by atoms with Crippen LogP contribution in [-0.2, 0) is 11.2 Å². The Morgan fingerprint density at radius 1 is 1.08 bits per heavy atom. The van der Waals surface area contributed by atoms with Gasteiger partial charge in [0.2, 0.25) is 11.7 Å². The Labute approximate surface area is 141 Å². The van der Waals surface area contributed by atoms with Crippen LogP contribution in [0.3, 0.4) is 0 Å². The van der Waals surface area contributed by atoms with Gasteiger partial charge >= 0.3 is 0 Å². The van der Waals surface area contributed by atoms with Gasteiger partial charge in [-0.1, -0.05) is 0 Å². The Hall–Kier alpha value is -2.76. The molecule has 1 aromatic heterocycles. The molecule has 0 unspecified atom stereocenters. The van der Waals surface area contributed by atoms with Crippen LogP contribution in [0.4, 0.5) is 0 Å². The summed E-state index contributed by atoms with van der Waals surface area (Å²) in [6, 6.07) is 7.11. The van der Waals surface area contributed by atoms with Crippen LogP contribution in [0.1, 0.15) is 24.1 Å². The van der Waals surface area contributed by atoms with E-state index in [9.17, 15) is 4.79 Å². The Kier molecular flexibility index (Phi) is 6.01. The van der Waals surface area contributed by atoms with E-state index in [1.807, 2.05) is 31.2 Å². The number of hydrogen-bond acceptors (Lipinski definition) is 5. The van der Waals surface area contributed by atoms with Gasteiger partial charge in [-0.25, -0.2) is 0 Å². The number of nitrogens with one attached hydrogen (secondary N) is 1. The summed E-state index contributed by atoms with van der Waals surface area (Å²) in [5, 5.41) is 2.97. The fraction of sp³-hybridized carbons (Fsp3) is 0.333. The molecule has 6 heteroatoms. The number of nitrogens with zero attached hydrogens (tertiary/aromatic N) is 1. The van der Waals surface area contributed by atoms with Gasteiger partial charge in [0.15, 0.2) is 11.5 Å². The highest BCUT2D eigenvalue weighted by Gasteiger charge is 2.17. The lowest BCUT2D eigenvalue weighted by molar-refractivity contribution is -0.121. The predicted molar refractivity (Wildman–Crippen MR) is 90.6 cm³/mol. The molecule has 0 fully saturated rings. The second-order valence-corrected chi connectivity index (χ2v) is 5.28. The zero-order valence-electron chi connectivity index (χ0n) is 14.3. The highest BCUT2D eigenvalue weighted by atomic mass is 16.5. The van der Waals surface area contributed by atoms with Crippen molar-refractivity contribution in [2.24, 2.45) is 0 Å². The molecule has 2 aromatic rings. The lowest BCUT2D eigenvalue weighted by Crippen LogP contribution is -2.28. The lowest BCUT2D eigenvalue weighted by Gasteiger charge is -2.19. The highest BCUT2D eigenvalue weighted by Crippen LogP contribution is 2.39. The maximum absolute atomic E-state index is 12.2. The summed E-state index contributed by atoms with van der Waals surface area (Å²) < 4.78 is 16.0. The number of amides is 1. The third-order valence-electron chi connectivity index (χ3n) is 3.68. The molecule has 1 aromatic carbocycles. The number of aromatic nitrogens is 1. The lowest BCUT2D eigenvalue weighted by atomic mass is 10.1. The predicted octanol–water partition coefficient (Wildman–Crippen LogP) is 2.53. The minimum absolute atomic E-state index is 0.0672. The zero-order chi connectivity index (χ0) is 17.5. The SMILES string of the molecule is COc1cc([C@@H](C)NC(=O)Cc2ccncc2)cc(OC)c1OC. The summed E-state index contributed by atoms with van der Waals surface area (Å²) in [7, 11) is 4.68. The Balaban J connectivity index is 2.14. The average molecular weight is 330 g/mol. The first-order chi connectivity index (χ1) is 11.6. The van der Waals surface area contributed by atoms with Gasteiger partial charge in [0, 0.05) is 12.4 Å². The summed E-state index contributed by atoms with van der Waals surface area (Å²) >= 11 is 0. The van der Waals surface area contributed by atoms with Gasteiger partial charge in [0.1, 0.15) is 0 Å². The van der Waals surface area contributed by atoms with E-state index in [-0.39, 0.29) is 11.9 Å². The summed E-state index contributed by atoms with van der Waals surface area (Å²) in [6.45, 7) is 1.91. The van der Waals surface area contributed by atoms with E-state index in [1.165, 1.54) is 0 Å². The van der Waals surface area contributed by atoms with Gasteiger partial charge in [-0.05, 0) is 42.3 Å². The average Bonchev–Trinajstić information content (AvgIpc) is 2.60. The second-order valence-electron chi connectivity index (χ2n) is 5.28. The van der Waals surface area contributed by atoms with Crippen molar-refractivity contribution < 1.29 is 19.0 Å². The number of ether oxygens (including phenoxy) is 3. The molecule has 1 N–H and O–H groups in total.